The lowest BCUT2D eigenvalue weighted by atomic mass is 10.1. The van der Waals surface area contributed by atoms with Crippen LogP contribution in [-0.4, -0.2) is 67.0 Å². The van der Waals surface area contributed by atoms with E-state index in [0.29, 0.717) is 18.6 Å². The van der Waals surface area contributed by atoms with E-state index in [4.69, 9.17) is 9.47 Å². The zero-order valence-corrected chi connectivity index (χ0v) is 18.1. The lowest BCUT2D eigenvalue weighted by Crippen LogP contribution is -2.51. The predicted octanol–water partition coefficient (Wildman–Crippen LogP) is 3.06. The van der Waals surface area contributed by atoms with Gasteiger partial charge in [0.05, 0.1) is 12.2 Å². The number of carbonyl (C=O) groups excluding carboxylic acids is 1. The molecule has 1 unspecified atom stereocenters. The molecule has 3 heterocycles. The topological polar surface area (TPSA) is 45.3 Å². The van der Waals surface area contributed by atoms with Crippen molar-refractivity contribution in [2.24, 2.45) is 0 Å². The van der Waals surface area contributed by atoms with Crippen LogP contribution < -0.4 is 14.4 Å². The van der Waals surface area contributed by atoms with E-state index in [1.54, 1.807) is 0 Å². The van der Waals surface area contributed by atoms with Crippen LogP contribution in [0.4, 0.5) is 5.69 Å². The van der Waals surface area contributed by atoms with Crippen molar-refractivity contribution in [1.29, 1.82) is 0 Å². The molecule has 30 heavy (non-hydrogen) atoms. The molecule has 1 saturated heterocycles. The molecule has 0 aromatic heterocycles. The van der Waals surface area contributed by atoms with E-state index in [-0.39, 0.29) is 5.91 Å². The summed E-state index contributed by atoms with van der Waals surface area (Å²) in [6.45, 7) is 8.12. The van der Waals surface area contributed by atoms with Crippen LogP contribution in [-0.2, 0) is 11.3 Å². The second-order valence-electron chi connectivity index (χ2n) is 8.12. The largest absolute Gasteiger partial charge is 0.454 e. The molecule has 0 radical (unpaired) electrons. The summed E-state index contributed by atoms with van der Waals surface area (Å²) in [5.41, 5.74) is 2.41. The highest BCUT2D eigenvalue weighted by Gasteiger charge is 2.27. The van der Waals surface area contributed by atoms with Gasteiger partial charge in [-0.25, -0.2) is 0 Å². The molecular weight excluding hydrogens is 398 g/mol. The third-order valence-electron chi connectivity index (χ3n) is 5.91. The summed E-state index contributed by atoms with van der Waals surface area (Å²) in [4.78, 5) is 20.9. The average molecular weight is 426 g/mol. The number of benzene rings is 2. The molecular formula is C23H27N3O3S. The zero-order valence-electron chi connectivity index (χ0n) is 17.3. The second-order valence-corrected chi connectivity index (χ2v) is 9.60. The van der Waals surface area contributed by atoms with Gasteiger partial charge in [0.25, 0.3) is 0 Å². The number of fused-ring (bicyclic) bond motifs is 2. The minimum atomic E-state index is 0.228. The van der Waals surface area contributed by atoms with Crippen LogP contribution in [0.3, 0.4) is 0 Å². The summed E-state index contributed by atoms with van der Waals surface area (Å²) in [7, 11) is 0. The first-order valence-electron chi connectivity index (χ1n) is 10.5. The fraction of sp³-hybridized carbons (Fsp3) is 0.435. The molecule has 3 aliphatic rings. The Morgan fingerprint density at radius 3 is 2.73 bits per heavy atom. The SMILES string of the molecule is CC1CN(CC(=O)N2CCN(Cc3ccc4c(c3)OCO4)CC2)c2ccccc2S1. The van der Waals surface area contributed by atoms with Gasteiger partial charge in [-0.3, -0.25) is 9.69 Å². The summed E-state index contributed by atoms with van der Waals surface area (Å²) in [5, 5.41) is 0.492. The number of anilines is 1. The molecule has 0 spiro atoms. The lowest BCUT2D eigenvalue weighted by Gasteiger charge is -2.38. The van der Waals surface area contributed by atoms with Crippen LogP contribution in [0, 0.1) is 0 Å². The minimum Gasteiger partial charge on any atom is -0.454 e. The maximum atomic E-state index is 13.0. The Morgan fingerprint density at radius 2 is 1.87 bits per heavy atom. The summed E-state index contributed by atoms with van der Waals surface area (Å²) in [6, 6.07) is 14.6. The van der Waals surface area contributed by atoms with Crippen molar-refractivity contribution < 1.29 is 14.3 Å². The average Bonchev–Trinajstić information content (AvgIpc) is 3.22. The molecule has 0 saturated carbocycles. The first-order chi connectivity index (χ1) is 14.7. The van der Waals surface area contributed by atoms with Crippen molar-refractivity contribution in [2.45, 2.75) is 23.6 Å². The van der Waals surface area contributed by atoms with Gasteiger partial charge >= 0.3 is 0 Å². The number of ether oxygens (including phenoxy) is 2. The van der Waals surface area contributed by atoms with E-state index < -0.39 is 0 Å². The Morgan fingerprint density at radius 1 is 1.07 bits per heavy atom. The first kappa shape index (κ1) is 19.6. The molecule has 0 N–H and O–H groups in total. The smallest absolute Gasteiger partial charge is 0.242 e. The highest BCUT2D eigenvalue weighted by molar-refractivity contribution is 8.00. The third kappa shape index (κ3) is 4.09. The van der Waals surface area contributed by atoms with Crippen molar-refractivity contribution >= 4 is 23.4 Å². The summed E-state index contributed by atoms with van der Waals surface area (Å²) >= 11 is 1.90. The number of hydrogen-bond donors (Lipinski definition) is 0. The molecule has 1 amide bonds. The van der Waals surface area contributed by atoms with E-state index in [0.717, 1.165) is 50.8 Å². The van der Waals surface area contributed by atoms with Crippen molar-refractivity contribution in [3.63, 3.8) is 0 Å². The molecule has 6 nitrogen and oxygen atoms in total. The molecule has 0 bridgehead atoms. The standard InChI is InChI=1S/C23H27N3O3S/c1-17-13-26(19-4-2-3-5-22(19)30-17)15-23(27)25-10-8-24(9-11-25)14-18-6-7-20-21(12-18)29-16-28-20/h2-7,12,17H,8-11,13-16H2,1H3. The van der Waals surface area contributed by atoms with Crippen molar-refractivity contribution in [3.05, 3.63) is 48.0 Å². The van der Waals surface area contributed by atoms with Crippen LogP contribution in [0.15, 0.2) is 47.4 Å². The Labute approximate surface area is 181 Å². The highest BCUT2D eigenvalue weighted by atomic mass is 32.2. The Hall–Kier alpha value is -2.38. The first-order valence-corrected chi connectivity index (χ1v) is 11.4. The molecule has 1 atom stereocenters. The normalized spacial score (nSPS) is 20.9. The fourth-order valence-corrected chi connectivity index (χ4v) is 5.51. The van der Waals surface area contributed by atoms with E-state index >= 15 is 0 Å². The lowest BCUT2D eigenvalue weighted by molar-refractivity contribution is -0.131. The molecule has 158 valence electrons. The number of para-hydroxylation sites is 1. The number of carbonyl (C=O) groups is 1. The quantitative estimate of drug-likeness (QED) is 0.750. The Bertz CT molecular complexity index is 930. The molecule has 0 aliphatic carbocycles. The van der Waals surface area contributed by atoms with Crippen LogP contribution in [0.5, 0.6) is 11.5 Å². The Kier molecular flexibility index (Phi) is 5.48. The summed E-state index contributed by atoms with van der Waals surface area (Å²) < 4.78 is 10.9. The van der Waals surface area contributed by atoms with Crippen LogP contribution in [0.2, 0.25) is 0 Å². The predicted molar refractivity (Wildman–Crippen MR) is 118 cm³/mol. The number of hydrogen-bond acceptors (Lipinski definition) is 6. The van der Waals surface area contributed by atoms with Crippen LogP contribution in [0.25, 0.3) is 0 Å². The molecule has 2 aromatic carbocycles. The fourth-order valence-electron chi connectivity index (χ4n) is 4.35. The zero-order chi connectivity index (χ0) is 20.5. The maximum absolute atomic E-state index is 13.0. The summed E-state index contributed by atoms with van der Waals surface area (Å²) in [6.07, 6.45) is 0. The molecule has 7 heteroatoms. The molecule has 2 aromatic rings. The van der Waals surface area contributed by atoms with Gasteiger partial charge in [0, 0.05) is 49.4 Å². The van der Waals surface area contributed by atoms with Gasteiger partial charge in [0.15, 0.2) is 11.5 Å². The maximum Gasteiger partial charge on any atom is 0.242 e. The minimum absolute atomic E-state index is 0.228. The summed E-state index contributed by atoms with van der Waals surface area (Å²) in [5.74, 6) is 1.88. The van der Waals surface area contributed by atoms with Crippen LogP contribution >= 0.6 is 11.8 Å². The molecule has 5 rings (SSSR count). The van der Waals surface area contributed by atoms with Gasteiger partial charge in [-0.15, -0.1) is 11.8 Å². The molecule has 1 fully saturated rings. The van der Waals surface area contributed by atoms with Gasteiger partial charge in [0.2, 0.25) is 12.7 Å². The number of rotatable bonds is 4. The van der Waals surface area contributed by atoms with E-state index in [9.17, 15) is 4.79 Å². The van der Waals surface area contributed by atoms with E-state index in [1.165, 1.54) is 16.1 Å². The molecule has 3 aliphatic heterocycles. The van der Waals surface area contributed by atoms with Crippen molar-refractivity contribution in [1.82, 2.24) is 9.80 Å². The second kappa shape index (κ2) is 8.40. The Balaban J connectivity index is 1.16. The number of piperazine rings is 1. The van der Waals surface area contributed by atoms with Crippen LogP contribution in [0.1, 0.15) is 12.5 Å². The van der Waals surface area contributed by atoms with Gasteiger partial charge in [-0.2, -0.15) is 0 Å². The highest BCUT2D eigenvalue weighted by Crippen LogP contribution is 2.38. The van der Waals surface area contributed by atoms with Crippen molar-refractivity contribution in [2.75, 3.05) is 51.0 Å². The number of thioether (sulfide) groups is 1. The monoisotopic (exact) mass is 425 g/mol. The van der Waals surface area contributed by atoms with Gasteiger partial charge in [0.1, 0.15) is 0 Å². The van der Waals surface area contributed by atoms with E-state index in [1.807, 2.05) is 22.7 Å². The van der Waals surface area contributed by atoms with Gasteiger partial charge in [-0.05, 0) is 29.8 Å². The van der Waals surface area contributed by atoms with Crippen molar-refractivity contribution in [3.8, 4) is 11.5 Å². The number of nitrogens with zero attached hydrogens (tertiary/aromatic N) is 3. The van der Waals surface area contributed by atoms with Gasteiger partial charge < -0.3 is 19.3 Å². The van der Waals surface area contributed by atoms with E-state index in [2.05, 4.69) is 53.1 Å². The third-order valence-corrected chi connectivity index (χ3v) is 7.06. The van der Waals surface area contributed by atoms with Gasteiger partial charge in [-0.1, -0.05) is 25.1 Å². The number of amides is 1.